The molecule has 0 saturated carbocycles. The summed E-state index contributed by atoms with van der Waals surface area (Å²) in [6.07, 6.45) is 0. The van der Waals surface area contributed by atoms with Gasteiger partial charge in [-0.25, -0.2) is 5.01 Å². The van der Waals surface area contributed by atoms with E-state index in [4.69, 9.17) is 23.2 Å². The molecule has 0 aromatic heterocycles. The van der Waals surface area contributed by atoms with Gasteiger partial charge in [-0.2, -0.15) is 0 Å². The molecule has 1 N–H and O–H groups in total. The van der Waals surface area contributed by atoms with E-state index in [9.17, 15) is 9.59 Å². The predicted octanol–water partition coefficient (Wildman–Crippen LogP) is 5.12. The summed E-state index contributed by atoms with van der Waals surface area (Å²) in [5.74, 6) is -0.782. The van der Waals surface area contributed by atoms with Crippen molar-refractivity contribution in [3.05, 3.63) is 63.6 Å². The minimum Gasteiger partial charge on any atom is -0.267 e. The van der Waals surface area contributed by atoms with Crippen LogP contribution in [0.1, 0.15) is 41.5 Å². The molecule has 0 spiro atoms. The third-order valence-electron chi connectivity index (χ3n) is 4.26. The average molecular weight is 437 g/mol. The van der Waals surface area contributed by atoms with Crippen molar-refractivity contribution in [1.82, 2.24) is 10.4 Å². The highest BCUT2D eigenvalue weighted by Gasteiger charge is 2.30. The zero-order chi connectivity index (χ0) is 21.3. The van der Waals surface area contributed by atoms with E-state index in [1.807, 2.05) is 45.0 Å². The molecule has 0 heterocycles. The monoisotopic (exact) mass is 436 g/mol. The van der Waals surface area contributed by atoms with Gasteiger partial charge in [-0.1, -0.05) is 60.2 Å². The SMILES string of the molecule is CC(C)(C)N(NC(=O)c1cc(Cl)ccc1Cl)C(=O)c1ccc([Si](C)(C)C)cc1. The van der Waals surface area contributed by atoms with Gasteiger partial charge in [0.15, 0.2) is 0 Å². The molecule has 0 aliphatic rings. The van der Waals surface area contributed by atoms with Crippen LogP contribution in [-0.4, -0.2) is 30.4 Å². The van der Waals surface area contributed by atoms with Crippen molar-refractivity contribution in [3.63, 3.8) is 0 Å². The molecule has 150 valence electrons. The summed E-state index contributed by atoms with van der Waals surface area (Å²) >= 11 is 12.1. The molecule has 0 radical (unpaired) electrons. The van der Waals surface area contributed by atoms with Gasteiger partial charge in [0.05, 0.1) is 24.2 Å². The Kier molecular flexibility index (Phi) is 6.64. The molecule has 4 nitrogen and oxygen atoms in total. The maximum absolute atomic E-state index is 13.1. The highest BCUT2D eigenvalue weighted by Crippen LogP contribution is 2.22. The fourth-order valence-corrected chi connectivity index (χ4v) is 4.14. The van der Waals surface area contributed by atoms with Crippen LogP contribution >= 0.6 is 23.2 Å². The summed E-state index contributed by atoms with van der Waals surface area (Å²) < 4.78 is 0. The quantitative estimate of drug-likeness (QED) is 0.535. The predicted molar refractivity (Wildman–Crippen MR) is 119 cm³/mol. The van der Waals surface area contributed by atoms with Crippen LogP contribution < -0.4 is 10.6 Å². The maximum atomic E-state index is 13.1. The summed E-state index contributed by atoms with van der Waals surface area (Å²) in [4.78, 5) is 25.9. The third-order valence-corrected chi connectivity index (χ3v) is 6.89. The zero-order valence-corrected chi connectivity index (χ0v) is 19.6. The van der Waals surface area contributed by atoms with E-state index in [1.54, 1.807) is 12.1 Å². The fourth-order valence-electron chi connectivity index (χ4n) is 2.60. The number of hydrogen-bond acceptors (Lipinski definition) is 2. The Hall–Kier alpha value is -1.82. The Labute approximate surface area is 177 Å². The largest absolute Gasteiger partial charge is 0.272 e. The van der Waals surface area contributed by atoms with E-state index in [0.717, 1.165) is 0 Å². The van der Waals surface area contributed by atoms with Crippen LogP contribution in [0.2, 0.25) is 29.7 Å². The van der Waals surface area contributed by atoms with Crippen molar-refractivity contribution < 1.29 is 9.59 Å². The minimum atomic E-state index is -1.46. The molecular weight excluding hydrogens is 411 g/mol. The van der Waals surface area contributed by atoms with E-state index < -0.39 is 19.5 Å². The van der Waals surface area contributed by atoms with Crippen LogP contribution in [0.15, 0.2) is 42.5 Å². The molecule has 2 aromatic carbocycles. The molecule has 0 unspecified atom stereocenters. The normalized spacial score (nSPS) is 11.9. The number of hydrogen-bond donors (Lipinski definition) is 1. The first-order valence-corrected chi connectivity index (χ1v) is 13.3. The minimum absolute atomic E-state index is 0.213. The zero-order valence-electron chi connectivity index (χ0n) is 17.1. The summed E-state index contributed by atoms with van der Waals surface area (Å²) in [6.45, 7) is 12.3. The second-order valence-electron chi connectivity index (χ2n) is 8.70. The van der Waals surface area contributed by atoms with Gasteiger partial charge < -0.3 is 0 Å². The Morgan fingerprint density at radius 3 is 2.04 bits per heavy atom. The molecular formula is C21H26Cl2N2O2Si. The number of nitrogens with one attached hydrogen (secondary N) is 1. The topological polar surface area (TPSA) is 49.4 Å². The smallest absolute Gasteiger partial charge is 0.267 e. The summed E-state index contributed by atoms with van der Waals surface area (Å²) in [5.41, 5.74) is 2.77. The number of amides is 2. The van der Waals surface area contributed by atoms with Crippen LogP contribution in [0, 0.1) is 0 Å². The lowest BCUT2D eigenvalue weighted by Gasteiger charge is -2.35. The lowest BCUT2D eigenvalue weighted by molar-refractivity contribution is 0.0358. The Morgan fingerprint density at radius 2 is 1.54 bits per heavy atom. The van der Waals surface area contributed by atoms with Gasteiger partial charge in [0.25, 0.3) is 11.8 Å². The van der Waals surface area contributed by atoms with Gasteiger partial charge in [-0.05, 0) is 51.1 Å². The van der Waals surface area contributed by atoms with E-state index in [2.05, 4.69) is 25.1 Å². The standard InChI is InChI=1S/C21H26Cl2N2O2Si/c1-21(2,3)25(24-19(26)17-13-15(22)9-12-18(17)23)20(27)14-7-10-16(11-8-14)28(4,5)6/h7-13H,1-6H3,(H,24,26). The number of carbonyl (C=O) groups excluding carboxylic acids is 2. The van der Waals surface area contributed by atoms with Crippen LogP contribution in [-0.2, 0) is 0 Å². The molecule has 7 heteroatoms. The van der Waals surface area contributed by atoms with Gasteiger partial charge in [0.2, 0.25) is 0 Å². The first kappa shape index (κ1) is 22.5. The molecule has 0 aliphatic carbocycles. The molecule has 2 aromatic rings. The van der Waals surface area contributed by atoms with Gasteiger partial charge in [-0.3, -0.25) is 15.0 Å². The van der Waals surface area contributed by atoms with Gasteiger partial charge >= 0.3 is 0 Å². The van der Waals surface area contributed by atoms with Crippen LogP contribution in [0.3, 0.4) is 0 Å². The first-order chi connectivity index (χ1) is 12.8. The van der Waals surface area contributed by atoms with E-state index in [0.29, 0.717) is 10.6 Å². The summed E-state index contributed by atoms with van der Waals surface area (Å²) in [5, 5.41) is 3.25. The number of halogens is 2. The Bertz CT molecular complexity index is 885. The molecule has 28 heavy (non-hydrogen) atoms. The fraction of sp³-hybridized carbons (Fsp3) is 0.333. The number of nitrogens with zero attached hydrogens (tertiary/aromatic N) is 1. The molecule has 0 fully saturated rings. The lowest BCUT2D eigenvalue weighted by Crippen LogP contribution is -2.56. The third kappa shape index (κ3) is 5.37. The highest BCUT2D eigenvalue weighted by atomic mass is 35.5. The van der Waals surface area contributed by atoms with E-state index in [-0.39, 0.29) is 16.5 Å². The van der Waals surface area contributed by atoms with Gasteiger partial charge in [0, 0.05) is 10.6 Å². The van der Waals surface area contributed by atoms with E-state index >= 15 is 0 Å². The summed E-state index contributed by atoms with van der Waals surface area (Å²) in [7, 11) is -1.46. The van der Waals surface area contributed by atoms with Gasteiger partial charge in [-0.15, -0.1) is 0 Å². The second kappa shape index (κ2) is 8.27. The average Bonchev–Trinajstić information content (AvgIpc) is 2.59. The molecule has 2 amide bonds. The van der Waals surface area contributed by atoms with Crippen LogP contribution in [0.4, 0.5) is 0 Å². The maximum Gasteiger partial charge on any atom is 0.272 e. The Balaban J connectivity index is 2.32. The van der Waals surface area contributed by atoms with Crippen molar-refractivity contribution in [2.45, 2.75) is 46.0 Å². The number of hydrazine groups is 1. The van der Waals surface area contributed by atoms with Crippen LogP contribution in [0.5, 0.6) is 0 Å². The highest BCUT2D eigenvalue weighted by molar-refractivity contribution is 6.88. The molecule has 0 bridgehead atoms. The number of rotatable bonds is 3. The second-order valence-corrected chi connectivity index (χ2v) is 14.6. The Morgan fingerprint density at radius 1 is 0.964 bits per heavy atom. The molecule has 2 rings (SSSR count). The molecule has 0 atom stereocenters. The van der Waals surface area contributed by atoms with Crippen molar-refractivity contribution in [2.24, 2.45) is 0 Å². The van der Waals surface area contributed by atoms with Crippen molar-refractivity contribution in [2.75, 3.05) is 0 Å². The van der Waals surface area contributed by atoms with Gasteiger partial charge in [0.1, 0.15) is 0 Å². The summed E-state index contributed by atoms with van der Waals surface area (Å²) in [6, 6.07) is 12.3. The number of benzene rings is 2. The van der Waals surface area contributed by atoms with Crippen molar-refractivity contribution in [3.8, 4) is 0 Å². The number of carbonyl (C=O) groups is 2. The van der Waals surface area contributed by atoms with Crippen molar-refractivity contribution >= 4 is 48.3 Å². The molecule has 0 saturated heterocycles. The van der Waals surface area contributed by atoms with Crippen molar-refractivity contribution in [1.29, 1.82) is 0 Å². The lowest BCUT2D eigenvalue weighted by atomic mass is 10.1. The molecule has 0 aliphatic heterocycles. The van der Waals surface area contributed by atoms with E-state index in [1.165, 1.54) is 16.3 Å². The first-order valence-electron chi connectivity index (χ1n) is 9.02. The van der Waals surface area contributed by atoms with Crippen LogP contribution in [0.25, 0.3) is 0 Å².